The molecule has 1 aliphatic rings. The van der Waals surface area contributed by atoms with Gasteiger partial charge in [-0.25, -0.2) is 0 Å². The number of aromatic nitrogens is 1. The number of hydrogen-bond donors (Lipinski definition) is 2. The van der Waals surface area contributed by atoms with Crippen molar-refractivity contribution in [1.82, 2.24) is 15.2 Å². The van der Waals surface area contributed by atoms with Crippen molar-refractivity contribution in [3.8, 4) is 11.3 Å². The van der Waals surface area contributed by atoms with Gasteiger partial charge in [0.25, 0.3) is 5.91 Å². The maximum Gasteiger partial charge on any atom is 0.255 e. The minimum Gasteiger partial charge on any atom is -0.336 e. The van der Waals surface area contributed by atoms with Crippen LogP contribution in [-0.2, 0) is 11.3 Å². The Labute approximate surface area is 188 Å². The second-order valence-corrected chi connectivity index (χ2v) is 8.21. The number of piperazine rings is 1. The molecule has 0 aliphatic carbocycles. The van der Waals surface area contributed by atoms with Crippen LogP contribution in [0.25, 0.3) is 11.3 Å². The maximum absolute atomic E-state index is 12.7. The minimum atomic E-state index is -0.173. The zero-order valence-corrected chi connectivity index (χ0v) is 18.4. The van der Waals surface area contributed by atoms with E-state index in [-0.39, 0.29) is 11.8 Å². The van der Waals surface area contributed by atoms with E-state index in [0.717, 1.165) is 32.6 Å². The molecule has 1 aromatic heterocycles. The third kappa shape index (κ3) is 4.85. The fraction of sp³-hybridized carbons (Fsp3) is 0.174. The third-order valence-electron chi connectivity index (χ3n) is 4.94. The SMILES string of the molecule is O=C(Nc1ccc(I)c(-c2ccccn2)c1)c1ccc(CN2CCNCC2=O)cc1. The lowest BCUT2D eigenvalue weighted by atomic mass is 10.1. The Morgan fingerprint density at radius 2 is 1.97 bits per heavy atom. The number of pyridine rings is 1. The molecule has 3 aromatic rings. The van der Waals surface area contributed by atoms with Crippen molar-refractivity contribution in [2.75, 3.05) is 25.0 Å². The van der Waals surface area contributed by atoms with E-state index in [0.29, 0.717) is 25.2 Å². The lowest BCUT2D eigenvalue weighted by molar-refractivity contribution is -0.132. The third-order valence-corrected chi connectivity index (χ3v) is 5.88. The molecule has 2 heterocycles. The second-order valence-electron chi connectivity index (χ2n) is 7.05. The van der Waals surface area contributed by atoms with Gasteiger partial charge in [0, 0.05) is 46.2 Å². The molecule has 0 unspecified atom stereocenters. The summed E-state index contributed by atoms with van der Waals surface area (Å²) in [5.74, 6) is -0.0709. The van der Waals surface area contributed by atoms with Crippen LogP contribution < -0.4 is 10.6 Å². The van der Waals surface area contributed by atoms with E-state index in [9.17, 15) is 9.59 Å². The highest BCUT2D eigenvalue weighted by Crippen LogP contribution is 2.27. The first-order valence-electron chi connectivity index (χ1n) is 9.70. The molecular formula is C23H21IN4O2. The number of hydrogen-bond acceptors (Lipinski definition) is 4. The van der Waals surface area contributed by atoms with Gasteiger partial charge in [0.2, 0.25) is 5.91 Å². The Balaban J connectivity index is 1.44. The zero-order chi connectivity index (χ0) is 20.9. The molecule has 6 nitrogen and oxygen atoms in total. The number of nitrogens with one attached hydrogen (secondary N) is 2. The van der Waals surface area contributed by atoms with E-state index in [2.05, 4.69) is 38.2 Å². The summed E-state index contributed by atoms with van der Waals surface area (Å²) in [6, 6.07) is 19.0. The van der Waals surface area contributed by atoms with Crippen molar-refractivity contribution >= 4 is 40.1 Å². The van der Waals surface area contributed by atoms with Crippen LogP contribution >= 0.6 is 22.6 Å². The van der Waals surface area contributed by atoms with Gasteiger partial charge in [0.05, 0.1) is 12.2 Å². The molecule has 4 rings (SSSR count). The molecule has 0 saturated carbocycles. The molecule has 0 radical (unpaired) electrons. The summed E-state index contributed by atoms with van der Waals surface area (Å²) in [6.07, 6.45) is 1.76. The van der Waals surface area contributed by atoms with E-state index in [1.165, 1.54) is 0 Å². The van der Waals surface area contributed by atoms with E-state index in [1.807, 2.05) is 53.4 Å². The van der Waals surface area contributed by atoms with Gasteiger partial charge in [-0.3, -0.25) is 14.6 Å². The topological polar surface area (TPSA) is 74.3 Å². The fourth-order valence-electron chi connectivity index (χ4n) is 3.32. The molecule has 2 aromatic carbocycles. The Kier molecular flexibility index (Phi) is 6.39. The van der Waals surface area contributed by atoms with Gasteiger partial charge < -0.3 is 15.5 Å². The number of benzene rings is 2. The van der Waals surface area contributed by atoms with Crippen molar-refractivity contribution in [2.24, 2.45) is 0 Å². The molecule has 1 saturated heterocycles. The highest BCUT2D eigenvalue weighted by atomic mass is 127. The first-order chi connectivity index (χ1) is 14.6. The highest BCUT2D eigenvalue weighted by Gasteiger charge is 2.17. The number of carbonyl (C=O) groups excluding carboxylic acids is 2. The van der Waals surface area contributed by atoms with E-state index in [4.69, 9.17) is 0 Å². The van der Waals surface area contributed by atoms with Crippen LogP contribution in [0.4, 0.5) is 5.69 Å². The molecule has 2 N–H and O–H groups in total. The zero-order valence-electron chi connectivity index (χ0n) is 16.3. The fourth-order valence-corrected chi connectivity index (χ4v) is 3.93. The standard InChI is InChI=1S/C23H21IN4O2/c24-20-9-8-18(13-19(20)21-3-1-2-10-26-21)27-23(30)17-6-4-16(5-7-17)15-28-12-11-25-14-22(28)29/h1-10,13,25H,11-12,14-15H2,(H,27,30). The Hall–Kier alpha value is -2.78. The first-order valence-corrected chi connectivity index (χ1v) is 10.8. The van der Waals surface area contributed by atoms with Crippen molar-refractivity contribution in [2.45, 2.75) is 6.54 Å². The van der Waals surface area contributed by atoms with E-state index in [1.54, 1.807) is 18.3 Å². The molecule has 0 atom stereocenters. The van der Waals surface area contributed by atoms with Crippen molar-refractivity contribution in [3.63, 3.8) is 0 Å². The van der Waals surface area contributed by atoms with Gasteiger partial charge in [-0.05, 0) is 70.6 Å². The second kappa shape index (κ2) is 9.36. The van der Waals surface area contributed by atoms with Crippen molar-refractivity contribution in [1.29, 1.82) is 0 Å². The van der Waals surface area contributed by atoms with Gasteiger partial charge in [-0.2, -0.15) is 0 Å². The van der Waals surface area contributed by atoms with E-state index >= 15 is 0 Å². The van der Waals surface area contributed by atoms with Gasteiger partial charge in [0.15, 0.2) is 0 Å². The quantitative estimate of drug-likeness (QED) is 0.514. The molecule has 2 amide bonds. The monoisotopic (exact) mass is 512 g/mol. The highest BCUT2D eigenvalue weighted by molar-refractivity contribution is 14.1. The van der Waals surface area contributed by atoms with Crippen LogP contribution in [-0.4, -0.2) is 41.3 Å². The van der Waals surface area contributed by atoms with Gasteiger partial charge in [-0.15, -0.1) is 0 Å². The van der Waals surface area contributed by atoms with Gasteiger partial charge in [-0.1, -0.05) is 18.2 Å². The van der Waals surface area contributed by atoms with Crippen LogP contribution in [0, 0.1) is 3.57 Å². The van der Waals surface area contributed by atoms with Gasteiger partial charge in [0.1, 0.15) is 0 Å². The maximum atomic E-state index is 12.7. The largest absolute Gasteiger partial charge is 0.336 e. The molecule has 0 bridgehead atoms. The molecular weight excluding hydrogens is 491 g/mol. The van der Waals surface area contributed by atoms with Crippen LogP contribution in [0.2, 0.25) is 0 Å². The number of carbonyl (C=O) groups is 2. The molecule has 1 fully saturated rings. The van der Waals surface area contributed by atoms with Gasteiger partial charge >= 0.3 is 0 Å². The number of amides is 2. The average Bonchev–Trinajstić information content (AvgIpc) is 2.78. The predicted molar refractivity (Wildman–Crippen MR) is 125 cm³/mol. The van der Waals surface area contributed by atoms with Crippen LogP contribution in [0.1, 0.15) is 15.9 Å². The predicted octanol–water partition coefficient (Wildman–Crippen LogP) is 3.54. The summed E-state index contributed by atoms with van der Waals surface area (Å²) in [5.41, 5.74) is 4.14. The molecule has 7 heteroatoms. The Morgan fingerprint density at radius 3 is 2.70 bits per heavy atom. The lowest BCUT2D eigenvalue weighted by Crippen LogP contribution is -2.47. The average molecular weight is 512 g/mol. The minimum absolute atomic E-state index is 0.102. The summed E-state index contributed by atoms with van der Waals surface area (Å²) in [5, 5.41) is 6.03. The summed E-state index contributed by atoms with van der Waals surface area (Å²) < 4.78 is 1.07. The molecule has 1 aliphatic heterocycles. The summed E-state index contributed by atoms with van der Waals surface area (Å²) in [6.45, 7) is 2.46. The van der Waals surface area contributed by atoms with Crippen LogP contribution in [0.15, 0.2) is 66.9 Å². The normalized spacial score (nSPS) is 13.9. The Bertz CT molecular complexity index is 1050. The van der Waals surface area contributed by atoms with E-state index < -0.39 is 0 Å². The smallest absolute Gasteiger partial charge is 0.255 e. The van der Waals surface area contributed by atoms with Crippen molar-refractivity contribution in [3.05, 3.63) is 81.6 Å². The summed E-state index contributed by atoms with van der Waals surface area (Å²) in [4.78, 5) is 30.9. The van der Waals surface area contributed by atoms with Crippen molar-refractivity contribution < 1.29 is 9.59 Å². The lowest BCUT2D eigenvalue weighted by Gasteiger charge is -2.27. The molecule has 0 spiro atoms. The number of rotatable bonds is 5. The summed E-state index contributed by atoms with van der Waals surface area (Å²) >= 11 is 2.27. The number of anilines is 1. The number of halogens is 1. The summed E-state index contributed by atoms with van der Waals surface area (Å²) in [7, 11) is 0. The molecule has 30 heavy (non-hydrogen) atoms. The van der Waals surface area contributed by atoms with Crippen LogP contribution in [0.3, 0.4) is 0 Å². The Morgan fingerprint density at radius 1 is 1.13 bits per heavy atom. The van der Waals surface area contributed by atoms with Crippen LogP contribution in [0.5, 0.6) is 0 Å². The first kappa shape index (κ1) is 20.5. The molecule has 152 valence electrons. The number of nitrogens with zero attached hydrogens (tertiary/aromatic N) is 2.